The van der Waals surface area contributed by atoms with Gasteiger partial charge in [-0.3, -0.25) is 4.98 Å². The van der Waals surface area contributed by atoms with Crippen molar-refractivity contribution in [1.29, 1.82) is 0 Å². The van der Waals surface area contributed by atoms with Gasteiger partial charge in [0.15, 0.2) is 0 Å². The van der Waals surface area contributed by atoms with Gasteiger partial charge in [0.2, 0.25) is 10.0 Å². The lowest BCUT2D eigenvalue weighted by Crippen LogP contribution is -2.25. The summed E-state index contributed by atoms with van der Waals surface area (Å²) in [6.45, 7) is 0.169. The number of pyridine rings is 1. The Morgan fingerprint density at radius 1 is 1.24 bits per heavy atom. The van der Waals surface area contributed by atoms with Crippen molar-refractivity contribution in [2.24, 2.45) is 5.14 Å². The van der Waals surface area contributed by atoms with Gasteiger partial charge in [-0.25, -0.2) is 13.6 Å². The molecule has 1 aromatic heterocycles. The summed E-state index contributed by atoms with van der Waals surface area (Å²) in [6.07, 6.45) is 3.01. The van der Waals surface area contributed by atoms with E-state index in [4.69, 9.17) is 21.5 Å². The van der Waals surface area contributed by atoms with Crippen molar-refractivity contribution in [3.05, 3.63) is 59.4 Å². The molecule has 0 aliphatic carbocycles. The molecule has 21 heavy (non-hydrogen) atoms. The molecule has 7 heteroatoms. The summed E-state index contributed by atoms with van der Waals surface area (Å²) >= 11 is 5.83. The van der Waals surface area contributed by atoms with Gasteiger partial charge in [0, 0.05) is 18.2 Å². The smallest absolute Gasteiger partial charge is 0.209 e. The molecule has 0 bridgehead atoms. The molecule has 1 heterocycles. The number of halogens is 1. The molecule has 1 unspecified atom stereocenters. The largest absolute Gasteiger partial charge is 0.491 e. The second-order valence-corrected chi connectivity index (χ2v) is 6.68. The van der Waals surface area contributed by atoms with E-state index in [1.807, 2.05) is 30.3 Å². The standard InChI is InChI=1S/C14H15ClN2O3S/c15-13-6-14(8-17-7-13)20-9-12(10-21(16,18)19)11-4-2-1-3-5-11/h1-8,12H,9-10H2,(H2,16,18,19). The summed E-state index contributed by atoms with van der Waals surface area (Å²) in [6, 6.07) is 10.8. The van der Waals surface area contributed by atoms with Crippen LogP contribution in [0.3, 0.4) is 0 Å². The maximum atomic E-state index is 11.4. The van der Waals surface area contributed by atoms with Crippen LogP contribution >= 0.6 is 11.6 Å². The lowest BCUT2D eigenvalue weighted by atomic mass is 10.0. The molecule has 2 N–H and O–H groups in total. The van der Waals surface area contributed by atoms with E-state index in [-0.39, 0.29) is 18.3 Å². The minimum absolute atomic E-state index is 0.169. The summed E-state index contributed by atoms with van der Waals surface area (Å²) in [5, 5.41) is 5.60. The van der Waals surface area contributed by atoms with Crippen molar-refractivity contribution in [1.82, 2.24) is 4.98 Å². The van der Waals surface area contributed by atoms with Crippen LogP contribution in [0.2, 0.25) is 5.02 Å². The molecule has 0 spiro atoms. The van der Waals surface area contributed by atoms with Crippen molar-refractivity contribution in [3.63, 3.8) is 0 Å². The van der Waals surface area contributed by atoms with Crippen molar-refractivity contribution < 1.29 is 13.2 Å². The van der Waals surface area contributed by atoms with E-state index in [1.165, 1.54) is 12.4 Å². The Labute approximate surface area is 128 Å². The van der Waals surface area contributed by atoms with E-state index in [1.54, 1.807) is 6.07 Å². The van der Waals surface area contributed by atoms with Crippen LogP contribution in [0.4, 0.5) is 0 Å². The number of aromatic nitrogens is 1. The second-order valence-electron chi connectivity index (χ2n) is 4.59. The zero-order valence-corrected chi connectivity index (χ0v) is 12.7. The fourth-order valence-corrected chi connectivity index (χ4v) is 2.93. The average Bonchev–Trinajstić information content (AvgIpc) is 2.43. The minimum atomic E-state index is -3.61. The molecule has 5 nitrogen and oxygen atoms in total. The fourth-order valence-electron chi connectivity index (χ4n) is 1.91. The highest BCUT2D eigenvalue weighted by molar-refractivity contribution is 7.89. The Morgan fingerprint density at radius 3 is 2.57 bits per heavy atom. The maximum Gasteiger partial charge on any atom is 0.209 e. The molecular formula is C14H15ClN2O3S. The molecule has 0 fully saturated rings. The first-order valence-electron chi connectivity index (χ1n) is 6.23. The van der Waals surface area contributed by atoms with Crippen LogP contribution in [0.15, 0.2) is 48.8 Å². The van der Waals surface area contributed by atoms with Crippen LogP contribution in [-0.4, -0.2) is 25.8 Å². The first-order valence-corrected chi connectivity index (χ1v) is 8.32. The zero-order valence-electron chi connectivity index (χ0n) is 11.1. The lowest BCUT2D eigenvalue weighted by Gasteiger charge is -2.17. The molecular weight excluding hydrogens is 312 g/mol. The molecule has 0 saturated heterocycles. The maximum absolute atomic E-state index is 11.4. The van der Waals surface area contributed by atoms with E-state index in [2.05, 4.69) is 4.98 Å². The summed E-state index contributed by atoms with van der Waals surface area (Å²) in [5.41, 5.74) is 0.849. The van der Waals surface area contributed by atoms with Crippen LogP contribution in [-0.2, 0) is 10.0 Å². The van der Waals surface area contributed by atoms with E-state index < -0.39 is 10.0 Å². The molecule has 2 rings (SSSR count). The quantitative estimate of drug-likeness (QED) is 0.882. The number of ether oxygens (including phenoxy) is 1. The number of primary sulfonamides is 1. The third kappa shape index (κ3) is 5.34. The predicted molar refractivity (Wildman–Crippen MR) is 81.9 cm³/mol. The number of nitrogens with zero attached hydrogens (tertiary/aromatic N) is 1. The van der Waals surface area contributed by atoms with Crippen molar-refractivity contribution in [2.75, 3.05) is 12.4 Å². The highest BCUT2D eigenvalue weighted by atomic mass is 35.5. The number of hydrogen-bond acceptors (Lipinski definition) is 4. The number of nitrogens with two attached hydrogens (primary N) is 1. The third-order valence-corrected chi connectivity index (χ3v) is 3.91. The summed E-state index contributed by atoms with van der Waals surface area (Å²) < 4.78 is 28.3. The summed E-state index contributed by atoms with van der Waals surface area (Å²) in [5.74, 6) is -0.0663. The van der Waals surface area contributed by atoms with Crippen LogP contribution in [0, 0.1) is 0 Å². The van der Waals surface area contributed by atoms with Gasteiger partial charge < -0.3 is 4.74 Å². The normalized spacial score (nSPS) is 12.9. The predicted octanol–water partition coefficient (Wildman–Crippen LogP) is 2.19. The topological polar surface area (TPSA) is 82.3 Å². The third-order valence-electron chi connectivity index (χ3n) is 2.84. The molecule has 2 aromatic rings. The van der Waals surface area contributed by atoms with E-state index in [0.717, 1.165) is 5.56 Å². The molecule has 0 saturated carbocycles. The molecule has 1 aromatic carbocycles. The first-order chi connectivity index (χ1) is 9.94. The first kappa shape index (κ1) is 15.8. The Kier molecular flexibility index (Phi) is 5.17. The van der Waals surface area contributed by atoms with Crippen molar-refractivity contribution >= 4 is 21.6 Å². The van der Waals surface area contributed by atoms with E-state index in [9.17, 15) is 8.42 Å². The molecule has 0 radical (unpaired) electrons. The summed E-state index contributed by atoms with van der Waals surface area (Å²) in [4.78, 5) is 3.91. The van der Waals surface area contributed by atoms with E-state index >= 15 is 0 Å². The second kappa shape index (κ2) is 6.89. The van der Waals surface area contributed by atoms with Gasteiger partial charge in [-0.1, -0.05) is 41.9 Å². The lowest BCUT2D eigenvalue weighted by molar-refractivity contribution is 0.295. The number of hydrogen-bond donors (Lipinski definition) is 1. The fraction of sp³-hybridized carbons (Fsp3) is 0.214. The van der Waals surface area contributed by atoms with Gasteiger partial charge in [-0.15, -0.1) is 0 Å². The molecule has 0 aliphatic rings. The Hall–Kier alpha value is -1.63. The van der Waals surface area contributed by atoms with E-state index in [0.29, 0.717) is 10.8 Å². The van der Waals surface area contributed by atoms with Gasteiger partial charge >= 0.3 is 0 Å². The van der Waals surface area contributed by atoms with Crippen LogP contribution < -0.4 is 9.88 Å². The zero-order chi connectivity index (χ0) is 15.3. The molecule has 0 aliphatic heterocycles. The van der Waals surface area contributed by atoms with Gasteiger partial charge in [-0.05, 0) is 5.56 Å². The Morgan fingerprint density at radius 2 is 1.95 bits per heavy atom. The van der Waals surface area contributed by atoms with Gasteiger partial charge in [0.1, 0.15) is 5.75 Å². The SMILES string of the molecule is NS(=O)(=O)CC(COc1cncc(Cl)c1)c1ccccc1. The highest BCUT2D eigenvalue weighted by Gasteiger charge is 2.19. The number of sulfonamides is 1. The molecule has 112 valence electrons. The average molecular weight is 327 g/mol. The van der Waals surface area contributed by atoms with Gasteiger partial charge in [0.25, 0.3) is 0 Å². The van der Waals surface area contributed by atoms with Crippen molar-refractivity contribution in [2.45, 2.75) is 5.92 Å². The van der Waals surface area contributed by atoms with Crippen LogP contribution in [0.25, 0.3) is 0 Å². The van der Waals surface area contributed by atoms with Crippen molar-refractivity contribution in [3.8, 4) is 5.75 Å². The van der Waals surface area contributed by atoms with Crippen LogP contribution in [0.1, 0.15) is 11.5 Å². The summed E-state index contributed by atoms with van der Waals surface area (Å²) in [7, 11) is -3.61. The minimum Gasteiger partial charge on any atom is -0.491 e. The number of rotatable bonds is 6. The van der Waals surface area contributed by atoms with Gasteiger partial charge in [0.05, 0.1) is 23.6 Å². The van der Waals surface area contributed by atoms with Crippen LogP contribution in [0.5, 0.6) is 5.75 Å². The Balaban J connectivity index is 2.13. The molecule has 0 amide bonds. The Bertz CT molecular complexity index is 692. The highest BCUT2D eigenvalue weighted by Crippen LogP contribution is 2.21. The monoisotopic (exact) mass is 326 g/mol. The number of benzene rings is 1. The van der Waals surface area contributed by atoms with Gasteiger partial charge in [-0.2, -0.15) is 0 Å². The molecule has 1 atom stereocenters.